The molecular formula is C5H11NO2S. The predicted octanol–water partition coefficient (Wildman–Crippen LogP) is 0.0402. The molecule has 0 N–H and O–H groups in total. The van der Waals surface area contributed by atoms with Crippen molar-refractivity contribution in [3.8, 4) is 0 Å². The van der Waals surface area contributed by atoms with Crippen molar-refractivity contribution in [3.05, 3.63) is 0 Å². The molecule has 0 amide bonds. The maximum atomic E-state index is 10.9. The Bertz CT molecular complexity index is 197. The third-order valence-electron chi connectivity index (χ3n) is 1.85. The van der Waals surface area contributed by atoms with Crippen molar-refractivity contribution < 1.29 is 8.42 Å². The lowest BCUT2D eigenvalue weighted by Gasteiger charge is -2.11. The van der Waals surface area contributed by atoms with Crippen LogP contribution in [0.4, 0.5) is 0 Å². The standard InChI is InChI=1S/C5H11NO2S/c1-5-3-4-9(7,8)6(5)2/h5H,3-4H2,1-2H3. The van der Waals surface area contributed by atoms with Crippen LogP contribution in [-0.4, -0.2) is 31.6 Å². The molecule has 1 fully saturated rings. The van der Waals surface area contributed by atoms with Gasteiger partial charge in [-0.3, -0.25) is 0 Å². The van der Waals surface area contributed by atoms with Crippen LogP contribution in [0.2, 0.25) is 0 Å². The van der Waals surface area contributed by atoms with Gasteiger partial charge in [0.25, 0.3) is 0 Å². The van der Waals surface area contributed by atoms with Gasteiger partial charge >= 0.3 is 0 Å². The molecule has 1 aliphatic rings. The molecule has 0 saturated carbocycles. The molecule has 1 rings (SSSR count). The summed E-state index contributed by atoms with van der Waals surface area (Å²) in [4.78, 5) is 0. The van der Waals surface area contributed by atoms with Gasteiger partial charge in [-0.05, 0) is 13.3 Å². The van der Waals surface area contributed by atoms with E-state index in [1.165, 1.54) is 4.31 Å². The first-order chi connectivity index (χ1) is 4.04. The fourth-order valence-corrected chi connectivity index (χ4v) is 2.50. The Morgan fingerprint density at radius 1 is 1.56 bits per heavy atom. The summed E-state index contributed by atoms with van der Waals surface area (Å²) >= 11 is 0. The third kappa shape index (κ3) is 1.09. The first kappa shape index (κ1) is 7.02. The zero-order valence-corrected chi connectivity index (χ0v) is 6.48. The molecule has 0 aromatic heterocycles. The summed E-state index contributed by atoms with van der Waals surface area (Å²) in [6, 6.07) is 0.204. The number of hydrogen-bond acceptors (Lipinski definition) is 2. The fraction of sp³-hybridized carbons (Fsp3) is 1.00. The van der Waals surface area contributed by atoms with Crippen LogP contribution in [-0.2, 0) is 10.0 Å². The third-order valence-corrected chi connectivity index (χ3v) is 3.84. The zero-order valence-electron chi connectivity index (χ0n) is 5.66. The molecule has 1 unspecified atom stereocenters. The lowest BCUT2D eigenvalue weighted by Crippen LogP contribution is -2.26. The molecule has 0 radical (unpaired) electrons. The first-order valence-electron chi connectivity index (χ1n) is 3.00. The normalized spacial score (nSPS) is 35.1. The van der Waals surface area contributed by atoms with Crippen molar-refractivity contribution in [2.75, 3.05) is 12.8 Å². The fourth-order valence-electron chi connectivity index (χ4n) is 0.919. The summed E-state index contributed by atoms with van der Waals surface area (Å²) < 4.78 is 23.2. The van der Waals surface area contributed by atoms with E-state index in [2.05, 4.69) is 0 Å². The molecule has 0 aliphatic carbocycles. The van der Waals surface area contributed by atoms with Gasteiger partial charge in [0.05, 0.1) is 5.75 Å². The van der Waals surface area contributed by atoms with Crippen LogP contribution in [0, 0.1) is 0 Å². The van der Waals surface area contributed by atoms with Gasteiger partial charge in [0.1, 0.15) is 0 Å². The van der Waals surface area contributed by atoms with Crippen LogP contribution in [0.5, 0.6) is 0 Å². The maximum absolute atomic E-state index is 10.9. The largest absolute Gasteiger partial charge is 0.214 e. The van der Waals surface area contributed by atoms with Gasteiger partial charge in [-0.25, -0.2) is 12.7 Å². The number of hydrogen-bond donors (Lipinski definition) is 0. The van der Waals surface area contributed by atoms with Crippen molar-refractivity contribution >= 4 is 10.0 Å². The molecule has 0 spiro atoms. The Morgan fingerprint density at radius 2 is 2.11 bits per heavy atom. The minimum absolute atomic E-state index is 0.204. The topological polar surface area (TPSA) is 37.4 Å². The molecule has 54 valence electrons. The molecule has 9 heavy (non-hydrogen) atoms. The minimum Gasteiger partial charge on any atom is -0.212 e. The summed E-state index contributed by atoms with van der Waals surface area (Å²) in [7, 11) is -1.21. The summed E-state index contributed by atoms with van der Waals surface area (Å²) in [6.07, 6.45) is 0.777. The maximum Gasteiger partial charge on any atom is 0.214 e. The van der Waals surface area contributed by atoms with Gasteiger partial charge in [-0.15, -0.1) is 0 Å². The van der Waals surface area contributed by atoms with Crippen LogP contribution in [0.3, 0.4) is 0 Å². The molecule has 1 atom stereocenters. The van der Waals surface area contributed by atoms with E-state index in [0.717, 1.165) is 6.42 Å². The Hall–Kier alpha value is -0.0900. The van der Waals surface area contributed by atoms with E-state index >= 15 is 0 Å². The van der Waals surface area contributed by atoms with E-state index in [1.807, 2.05) is 6.92 Å². The van der Waals surface area contributed by atoms with Crippen LogP contribution < -0.4 is 0 Å². The van der Waals surface area contributed by atoms with Crippen molar-refractivity contribution in [2.45, 2.75) is 19.4 Å². The van der Waals surface area contributed by atoms with E-state index in [0.29, 0.717) is 5.75 Å². The van der Waals surface area contributed by atoms with Crippen molar-refractivity contribution in [1.29, 1.82) is 0 Å². The second-order valence-corrected chi connectivity index (χ2v) is 4.62. The molecule has 1 aliphatic heterocycles. The van der Waals surface area contributed by atoms with Crippen molar-refractivity contribution in [1.82, 2.24) is 4.31 Å². The molecule has 4 heteroatoms. The minimum atomic E-state index is -2.84. The molecule has 1 saturated heterocycles. The molecule has 1 heterocycles. The van der Waals surface area contributed by atoms with E-state index in [9.17, 15) is 8.42 Å². The summed E-state index contributed by atoms with van der Waals surface area (Å²) in [5, 5.41) is 0. The van der Waals surface area contributed by atoms with Crippen LogP contribution in [0.1, 0.15) is 13.3 Å². The van der Waals surface area contributed by atoms with Crippen molar-refractivity contribution in [2.24, 2.45) is 0 Å². The highest BCUT2D eigenvalue weighted by Gasteiger charge is 2.30. The Labute approximate surface area is 55.7 Å². The van der Waals surface area contributed by atoms with Gasteiger partial charge in [-0.2, -0.15) is 0 Å². The molecule has 0 bridgehead atoms. The van der Waals surface area contributed by atoms with E-state index in [-0.39, 0.29) is 6.04 Å². The van der Waals surface area contributed by atoms with E-state index < -0.39 is 10.0 Å². The van der Waals surface area contributed by atoms with Crippen molar-refractivity contribution in [3.63, 3.8) is 0 Å². The first-order valence-corrected chi connectivity index (χ1v) is 4.60. The Balaban J connectivity index is 2.87. The second kappa shape index (κ2) is 1.95. The highest BCUT2D eigenvalue weighted by molar-refractivity contribution is 7.89. The van der Waals surface area contributed by atoms with E-state index in [4.69, 9.17) is 0 Å². The second-order valence-electron chi connectivity index (χ2n) is 2.47. The highest BCUT2D eigenvalue weighted by atomic mass is 32.2. The average Bonchev–Trinajstić information content (AvgIpc) is 1.97. The summed E-state index contributed by atoms with van der Waals surface area (Å²) in [6.45, 7) is 1.92. The average molecular weight is 149 g/mol. The lowest BCUT2D eigenvalue weighted by atomic mass is 10.3. The predicted molar refractivity (Wildman–Crippen MR) is 35.6 cm³/mol. The molecule has 0 aromatic carbocycles. The summed E-state index contributed by atoms with van der Waals surface area (Å²) in [5.41, 5.74) is 0. The van der Waals surface area contributed by atoms with Gasteiger partial charge < -0.3 is 0 Å². The molecular weight excluding hydrogens is 138 g/mol. The lowest BCUT2D eigenvalue weighted by molar-refractivity contribution is 0.421. The molecule has 0 aromatic rings. The van der Waals surface area contributed by atoms with Gasteiger partial charge in [0, 0.05) is 13.1 Å². The van der Waals surface area contributed by atoms with Crippen LogP contribution >= 0.6 is 0 Å². The molecule has 3 nitrogen and oxygen atoms in total. The quantitative estimate of drug-likeness (QED) is 0.487. The Morgan fingerprint density at radius 3 is 2.22 bits per heavy atom. The highest BCUT2D eigenvalue weighted by Crippen LogP contribution is 2.17. The zero-order chi connectivity index (χ0) is 7.07. The van der Waals surface area contributed by atoms with Crippen LogP contribution in [0.15, 0.2) is 0 Å². The van der Waals surface area contributed by atoms with Gasteiger partial charge in [-0.1, -0.05) is 0 Å². The van der Waals surface area contributed by atoms with Gasteiger partial charge in [0.15, 0.2) is 0 Å². The number of rotatable bonds is 0. The van der Waals surface area contributed by atoms with Crippen LogP contribution in [0.25, 0.3) is 0 Å². The number of sulfonamides is 1. The van der Waals surface area contributed by atoms with E-state index in [1.54, 1.807) is 7.05 Å². The number of nitrogens with zero attached hydrogens (tertiary/aromatic N) is 1. The monoisotopic (exact) mass is 149 g/mol. The van der Waals surface area contributed by atoms with Gasteiger partial charge in [0.2, 0.25) is 10.0 Å². The smallest absolute Gasteiger partial charge is 0.212 e. The SMILES string of the molecule is CC1CCS(=O)(=O)N1C. The summed E-state index contributed by atoms with van der Waals surface area (Å²) in [5.74, 6) is 0.324. The Kier molecular flexibility index (Phi) is 1.52.